The van der Waals surface area contributed by atoms with Gasteiger partial charge in [-0.05, 0) is 19.1 Å². The molecule has 0 radical (unpaired) electrons. The van der Waals surface area contributed by atoms with E-state index in [1.165, 1.54) is 12.1 Å². The highest BCUT2D eigenvalue weighted by atomic mass is 35.5. The van der Waals surface area contributed by atoms with Crippen molar-refractivity contribution >= 4 is 22.9 Å². The molecule has 5 heteroatoms. The van der Waals surface area contributed by atoms with Crippen molar-refractivity contribution in [3.63, 3.8) is 0 Å². The van der Waals surface area contributed by atoms with Gasteiger partial charge in [0.2, 0.25) is 0 Å². The van der Waals surface area contributed by atoms with Crippen LogP contribution in [0.25, 0.3) is 0 Å². The Bertz CT molecular complexity index is 542. The SMILES string of the molecule is CC(NCc1cc(Cl)cs1)c1ccc(F)cc1F. The van der Waals surface area contributed by atoms with Crippen molar-refractivity contribution in [3.05, 3.63) is 56.7 Å². The molecule has 18 heavy (non-hydrogen) atoms. The lowest BCUT2D eigenvalue weighted by atomic mass is 10.1. The number of thiophene rings is 1. The number of halogens is 3. The molecule has 1 N–H and O–H groups in total. The molecule has 1 nitrogen and oxygen atoms in total. The van der Waals surface area contributed by atoms with E-state index >= 15 is 0 Å². The third-order valence-corrected chi connectivity index (χ3v) is 3.92. The Labute approximate surface area is 113 Å². The second kappa shape index (κ2) is 5.78. The first kappa shape index (κ1) is 13.5. The van der Waals surface area contributed by atoms with Crippen LogP contribution in [-0.2, 0) is 6.54 Å². The smallest absolute Gasteiger partial charge is 0.130 e. The van der Waals surface area contributed by atoms with Gasteiger partial charge in [0, 0.05) is 34.5 Å². The molecule has 1 heterocycles. The number of rotatable bonds is 4. The van der Waals surface area contributed by atoms with Crippen LogP contribution in [-0.4, -0.2) is 0 Å². The van der Waals surface area contributed by atoms with E-state index in [0.717, 1.165) is 10.9 Å². The second-order valence-corrected chi connectivity index (χ2v) is 5.43. The average Bonchev–Trinajstić information content (AvgIpc) is 2.72. The molecule has 0 aliphatic rings. The Kier molecular flexibility index (Phi) is 4.32. The Balaban J connectivity index is 2.01. The summed E-state index contributed by atoms with van der Waals surface area (Å²) >= 11 is 7.36. The Hall–Kier alpha value is -0.970. The molecule has 96 valence electrons. The van der Waals surface area contributed by atoms with E-state index in [1.54, 1.807) is 11.3 Å². The van der Waals surface area contributed by atoms with Crippen LogP contribution in [0.15, 0.2) is 29.6 Å². The molecule has 1 aromatic heterocycles. The van der Waals surface area contributed by atoms with E-state index in [4.69, 9.17) is 11.6 Å². The van der Waals surface area contributed by atoms with Gasteiger partial charge in [0.05, 0.1) is 5.02 Å². The van der Waals surface area contributed by atoms with Crippen molar-refractivity contribution in [1.29, 1.82) is 0 Å². The third-order valence-electron chi connectivity index (χ3n) is 2.63. The highest BCUT2D eigenvalue weighted by Crippen LogP contribution is 2.21. The average molecular weight is 288 g/mol. The Morgan fingerprint density at radius 1 is 1.33 bits per heavy atom. The summed E-state index contributed by atoms with van der Waals surface area (Å²) in [6.07, 6.45) is 0. The lowest BCUT2D eigenvalue weighted by Crippen LogP contribution is -2.18. The van der Waals surface area contributed by atoms with E-state index in [1.807, 2.05) is 18.4 Å². The van der Waals surface area contributed by atoms with Crippen molar-refractivity contribution in [2.24, 2.45) is 0 Å². The Morgan fingerprint density at radius 2 is 2.11 bits per heavy atom. The summed E-state index contributed by atoms with van der Waals surface area (Å²) in [6.45, 7) is 2.45. The highest BCUT2D eigenvalue weighted by Gasteiger charge is 2.11. The van der Waals surface area contributed by atoms with Crippen molar-refractivity contribution in [2.45, 2.75) is 19.5 Å². The van der Waals surface area contributed by atoms with Gasteiger partial charge in [0.1, 0.15) is 11.6 Å². The van der Waals surface area contributed by atoms with E-state index in [9.17, 15) is 8.78 Å². The molecule has 0 saturated carbocycles. The second-order valence-electron chi connectivity index (χ2n) is 4.00. The summed E-state index contributed by atoms with van der Waals surface area (Å²) in [6, 6.07) is 5.30. The van der Waals surface area contributed by atoms with Crippen LogP contribution in [0, 0.1) is 11.6 Å². The number of benzene rings is 1. The maximum atomic E-state index is 13.5. The van der Waals surface area contributed by atoms with E-state index < -0.39 is 11.6 Å². The van der Waals surface area contributed by atoms with Crippen LogP contribution >= 0.6 is 22.9 Å². The number of hydrogen-bond donors (Lipinski definition) is 1. The van der Waals surface area contributed by atoms with Gasteiger partial charge in [0.25, 0.3) is 0 Å². The fourth-order valence-electron chi connectivity index (χ4n) is 1.66. The summed E-state index contributed by atoms with van der Waals surface area (Å²) < 4.78 is 26.3. The fourth-order valence-corrected chi connectivity index (χ4v) is 2.69. The van der Waals surface area contributed by atoms with E-state index in [2.05, 4.69) is 5.32 Å². The van der Waals surface area contributed by atoms with Crippen molar-refractivity contribution in [2.75, 3.05) is 0 Å². The normalized spacial score (nSPS) is 12.7. The predicted octanol–water partition coefficient (Wildman–Crippen LogP) is 4.53. The minimum Gasteiger partial charge on any atom is -0.305 e. The quantitative estimate of drug-likeness (QED) is 0.871. The van der Waals surface area contributed by atoms with Gasteiger partial charge in [-0.15, -0.1) is 11.3 Å². The molecule has 0 spiro atoms. The molecule has 1 atom stereocenters. The predicted molar refractivity (Wildman–Crippen MR) is 70.9 cm³/mol. The largest absolute Gasteiger partial charge is 0.305 e. The summed E-state index contributed by atoms with van der Waals surface area (Å²) in [5.41, 5.74) is 0.457. The molecule has 0 aliphatic carbocycles. The van der Waals surface area contributed by atoms with Gasteiger partial charge in [-0.1, -0.05) is 17.7 Å². The first-order valence-corrected chi connectivity index (χ1v) is 6.73. The van der Waals surface area contributed by atoms with Crippen LogP contribution in [0.1, 0.15) is 23.4 Å². The number of nitrogens with one attached hydrogen (secondary N) is 1. The van der Waals surface area contributed by atoms with Crippen molar-refractivity contribution < 1.29 is 8.78 Å². The summed E-state index contributed by atoms with van der Waals surface area (Å²) in [7, 11) is 0. The van der Waals surface area contributed by atoms with E-state index in [-0.39, 0.29) is 6.04 Å². The molecular formula is C13H12ClF2NS. The molecule has 2 rings (SSSR count). The van der Waals surface area contributed by atoms with Gasteiger partial charge in [-0.25, -0.2) is 8.78 Å². The first-order valence-electron chi connectivity index (χ1n) is 5.47. The standard InChI is InChI=1S/C13H12ClF2NS/c1-8(12-3-2-10(15)5-13(12)16)17-6-11-4-9(14)7-18-11/h2-5,7-8,17H,6H2,1H3. The molecule has 0 fully saturated rings. The molecule has 1 unspecified atom stereocenters. The molecule has 1 aromatic carbocycles. The highest BCUT2D eigenvalue weighted by molar-refractivity contribution is 7.10. The van der Waals surface area contributed by atoms with Crippen LogP contribution in [0.4, 0.5) is 8.78 Å². The Morgan fingerprint density at radius 3 is 2.72 bits per heavy atom. The zero-order chi connectivity index (χ0) is 13.1. The molecule has 0 saturated heterocycles. The maximum Gasteiger partial charge on any atom is 0.130 e. The first-order chi connectivity index (χ1) is 8.56. The van der Waals surface area contributed by atoms with Crippen LogP contribution < -0.4 is 5.32 Å². The summed E-state index contributed by atoms with van der Waals surface area (Å²) in [4.78, 5) is 1.08. The van der Waals surface area contributed by atoms with Crippen LogP contribution in [0.2, 0.25) is 5.02 Å². The zero-order valence-electron chi connectivity index (χ0n) is 9.71. The van der Waals surface area contributed by atoms with Crippen LogP contribution in [0.5, 0.6) is 0 Å². The molecule has 0 bridgehead atoms. The van der Waals surface area contributed by atoms with Gasteiger partial charge in [-0.3, -0.25) is 0 Å². The minimum absolute atomic E-state index is 0.188. The fraction of sp³-hybridized carbons (Fsp3) is 0.231. The monoisotopic (exact) mass is 287 g/mol. The van der Waals surface area contributed by atoms with E-state index in [0.29, 0.717) is 17.1 Å². The summed E-state index contributed by atoms with van der Waals surface area (Å²) in [5.74, 6) is -1.09. The van der Waals surface area contributed by atoms with Gasteiger partial charge < -0.3 is 5.32 Å². The van der Waals surface area contributed by atoms with Gasteiger partial charge >= 0.3 is 0 Å². The van der Waals surface area contributed by atoms with Gasteiger partial charge in [-0.2, -0.15) is 0 Å². The summed E-state index contributed by atoms with van der Waals surface area (Å²) in [5, 5.41) is 5.73. The zero-order valence-corrected chi connectivity index (χ0v) is 11.3. The molecule has 0 amide bonds. The lowest BCUT2D eigenvalue weighted by Gasteiger charge is -2.14. The molecular weight excluding hydrogens is 276 g/mol. The third kappa shape index (κ3) is 3.28. The maximum absolute atomic E-state index is 13.5. The lowest BCUT2D eigenvalue weighted by molar-refractivity contribution is 0.519. The molecule has 2 aromatic rings. The topological polar surface area (TPSA) is 12.0 Å². The number of hydrogen-bond acceptors (Lipinski definition) is 2. The van der Waals surface area contributed by atoms with Crippen LogP contribution in [0.3, 0.4) is 0 Å². The van der Waals surface area contributed by atoms with Crippen molar-refractivity contribution in [1.82, 2.24) is 5.32 Å². The molecule has 0 aliphatic heterocycles. The van der Waals surface area contributed by atoms with Crippen molar-refractivity contribution in [3.8, 4) is 0 Å². The minimum atomic E-state index is -0.562. The van der Waals surface area contributed by atoms with Gasteiger partial charge in [0.15, 0.2) is 0 Å².